The Hall–Kier alpha value is -1.45. The van der Waals surface area contributed by atoms with Gasteiger partial charge in [0.05, 0.1) is 7.11 Å². The fourth-order valence-electron chi connectivity index (χ4n) is 0.992. The van der Waals surface area contributed by atoms with Crippen molar-refractivity contribution in [2.24, 2.45) is 0 Å². The number of methoxy groups -OCH3 is 1. The van der Waals surface area contributed by atoms with Crippen LogP contribution >= 0.6 is 0 Å². The third-order valence-corrected chi connectivity index (χ3v) is 1.55. The van der Waals surface area contributed by atoms with Crippen LogP contribution in [0.3, 0.4) is 0 Å². The predicted molar refractivity (Wildman–Crippen MR) is 52.7 cm³/mol. The van der Waals surface area contributed by atoms with Crippen LogP contribution in [0.1, 0.15) is 6.92 Å². The molecule has 0 aliphatic carbocycles. The van der Waals surface area contributed by atoms with E-state index in [9.17, 15) is 4.79 Å². The molecule has 13 heavy (non-hydrogen) atoms. The summed E-state index contributed by atoms with van der Waals surface area (Å²) < 4.78 is 4.99. The largest absolute Gasteiger partial charge is 0.497 e. The van der Waals surface area contributed by atoms with Crippen molar-refractivity contribution < 1.29 is 9.53 Å². The van der Waals surface area contributed by atoms with E-state index in [4.69, 9.17) is 12.6 Å². The molecule has 0 bridgehead atoms. The van der Waals surface area contributed by atoms with Crippen molar-refractivity contribution in [2.45, 2.75) is 6.92 Å². The zero-order valence-electron chi connectivity index (χ0n) is 7.63. The van der Waals surface area contributed by atoms with Gasteiger partial charge in [-0.3, -0.25) is 4.79 Å². The molecule has 4 heteroatoms. The molecular formula is C9H10BNO2. The molecule has 0 spiro atoms. The molecule has 1 rings (SSSR count). The Morgan fingerprint density at radius 3 is 2.77 bits per heavy atom. The van der Waals surface area contributed by atoms with Crippen LogP contribution in [-0.4, -0.2) is 20.9 Å². The van der Waals surface area contributed by atoms with Crippen LogP contribution in [0.25, 0.3) is 0 Å². The number of nitrogens with one attached hydrogen (secondary N) is 1. The van der Waals surface area contributed by atoms with Gasteiger partial charge < -0.3 is 10.1 Å². The lowest BCUT2D eigenvalue weighted by Gasteiger charge is -2.07. The summed E-state index contributed by atoms with van der Waals surface area (Å²) in [5.74, 6) is 0.443. The Balaban J connectivity index is 2.92. The lowest BCUT2D eigenvalue weighted by Crippen LogP contribution is -2.10. The first-order valence-corrected chi connectivity index (χ1v) is 3.84. The van der Waals surface area contributed by atoms with Crippen LogP contribution in [-0.2, 0) is 4.79 Å². The first-order chi connectivity index (χ1) is 6.13. The van der Waals surface area contributed by atoms with Crippen LogP contribution < -0.4 is 15.5 Å². The summed E-state index contributed by atoms with van der Waals surface area (Å²) in [6.07, 6.45) is 0. The van der Waals surface area contributed by atoms with Crippen LogP contribution in [0.5, 0.6) is 5.75 Å². The molecule has 66 valence electrons. The lowest BCUT2D eigenvalue weighted by atomic mass is 9.95. The molecule has 0 aliphatic rings. The second-order valence-electron chi connectivity index (χ2n) is 2.64. The number of benzene rings is 1. The number of carbonyl (C=O) groups excluding carboxylic acids is 1. The van der Waals surface area contributed by atoms with E-state index in [1.165, 1.54) is 14.0 Å². The maximum absolute atomic E-state index is 10.7. The molecule has 3 nitrogen and oxygen atoms in total. The summed E-state index contributed by atoms with van der Waals surface area (Å²) in [5, 5.41) is 2.63. The minimum absolute atomic E-state index is 0.119. The topological polar surface area (TPSA) is 38.3 Å². The molecule has 0 fully saturated rings. The molecule has 0 aliphatic heterocycles. The minimum atomic E-state index is -0.119. The van der Waals surface area contributed by atoms with E-state index in [1.54, 1.807) is 18.2 Å². The molecule has 0 unspecified atom stereocenters. The molecule has 1 amide bonds. The SMILES string of the molecule is [B]c1ccc(NC(C)=O)cc1OC. The molecule has 1 aromatic rings. The van der Waals surface area contributed by atoms with Crippen LogP contribution in [0.15, 0.2) is 18.2 Å². The number of ether oxygens (including phenoxy) is 1. The maximum Gasteiger partial charge on any atom is 0.221 e. The highest BCUT2D eigenvalue weighted by atomic mass is 16.5. The van der Waals surface area contributed by atoms with Gasteiger partial charge in [-0.1, -0.05) is 11.5 Å². The van der Waals surface area contributed by atoms with Crippen molar-refractivity contribution in [3.8, 4) is 5.75 Å². The highest BCUT2D eigenvalue weighted by Crippen LogP contribution is 2.13. The maximum atomic E-state index is 10.7. The van der Waals surface area contributed by atoms with Crippen LogP contribution in [0, 0.1) is 0 Å². The zero-order chi connectivity index (χ0) is 9.84. The third kappa shape index (κ3) is 2.51. The molecular weight excluding hydrogens is 165 g/mol. The molecule has 1 N–H and O–H groups in total. The summed E-state index contributed by atoms with van der Waals surface area (Å²) in [6.45, 7) is 1.45. The second-order valence-corrected chi connectivity index (χ2v) is 2.64. The quantitative estimate of drug-likeness (QED) is 0.662. The van der Waals surface area contributed by atoms with Gasteiger partial charge in [0.15, 0.2) is 0 Å². The van der Waals surface area contributed by atoms with Gasteiger partial charge in [-0.05, 0) is 6.07 Å². The van der Waals surface area contributed by atoms with Gasteiger partial charge in [0.1, 0.15) is 13.6 Å². The van der Waals surface area contributed by atoms with E-state index >= 15 is 0 Å². The number of amides is 1. The van der Waals surface area contributed by atoms with Crippen LogP contribution in [0.2, 0.25) is 0 Å². The first kappa shape index (κ1) is 9.64. The summed E-state index contributed by atoms with van der Waals surface area (Å²) in [5.41, 5.74) is 1.23. The van der Waals surface area contributed by atoms with Crippen molar-refractivity contribution >= 4 is 24.9 Å². The second kappa shape index (κ2) is 3.98. The predicted octanol–water partition coefficient (Wildman–Crippen LogP) is 0.447. The Morgan fingerprint density at radius 1 is 1.54 bits per heavy atom. The van der Waals surface area contributed by atoms with Gasteiger partial charge in [-0.2, -0.15) is 0 Å². The highest BCUT2D eigenvalue weighted by molar-refractivity contribution is 6.34. The number of anilines is 1. The number of hydrogen-bond acceptors (Lipinski definition) is 2. The smallest absolute Gasteiger partial charge is 0.221 e. The molecule has 0 atom stereocenters. The van der Waals surface area contributed by atoms with E-state index in [0.717, 1.165) is 0 Å². The molecule has 2 radical (unpaired) electrons. The van der Waals surface area contributed by atoms with Crippen LogP contribution in [0.4, 0.5) is 5.69 Å². The van der Waals surface area contributed by atoms with Crippen molar-refractivity contribution in [1.82, 2.24) is 0 Å². The van der Waals surface area contributed by atoms with Gasteiger partial charge >= 0.3 is 0 Å². The molecule has 0 heterocycles. The first-order valence-electron chi connectivity index (χ1n) is 3.84. The van der Waals surface area contributed by atoms with E-state index < -0.39 is 0 Å². The van der Waals surface area contributed by atoms with Gasteiger partial charge in [0, 0.05) is 18.7 Å². The molecule has 0 aromatic heterocycles. The Bertz CT molecular complexity index is 325. The summed E-state index contributed by atoms with van der Waals surface area (Å²) in [4.78, 5) is 10.7. The fraction of sp³-hybridized carbons (Fsp3) is 0.222. The monoisotopic (exact) mass is 175 g/mol. The van der Waals surface area contributed by atoms with E-state index in [-0.39, 0.29) is 5.91 Å². The molecule has 0 saturated heterocycles. The Morgan fingerprint density at radius 2 is 2.23 bits per heavy atom. The summed E-state index contributed by atoms with van der Waals surface area (Å²) in [6, 6.07) is 5.08. The van der Waals surface area contributed by atoms with Gasteiger partial charge in [-0.15, -0.1) is 0 Å². The molecule has 0 saturated carbocycles. The van der Waals surface area contributed by atoms with Crippen molar-refractivity contribution in [3.63, 3.8) is 0 Å². The Labute approximate surface area is 78.5 Å². The van der Waals surface area contributed by atoms with Crippen molar-refractivity contribution in [2.75, 3.05) is 12.4 Å². The highest BCUT2D eigenvalue weighted by Gasteiger charge is 2.00. The average molecular weight is 175 g/mol. The van der Waals surface area contributed by atoms with Gasteiger partial charge in [0.2, 0.25) is 5.91 Å². The minimum Gasteiger partial charge on any atom is -0.497 e. The standard InChI is InChI=1S/C9H10BNO2/c1-6(12)11-7-3-4-8(10)9(5-7)13-2/h3-5H,1-2H3,(H,11,12). The zero-order valence-corrected chi connectivity index (χ0v) is 7.63. The third-order valence-electron chi connectivity index (χ3n) is 1.55. The summed E-state index contributed by atoms with van der Waals surface area (Å²) >= 11 is 0. The van der Waals surface area contributed by atoms with Crippen molar-refractivity contribution in [3.05, 3.63) is 18.2 Å². The number of hydrogen-bond donors (Lipinski definition) is 1. The fourth-order valence-corrected chi connectivity index (χ4v) is 0.992. The van der Waals surface area contributed by atoms with E-state index in [0.29, 0.717) is 16.9 Å². The number of carbonyl (C=O) groups is 1. The Kier molecular flexibility index (Phi) is 2.95. The van der Waals surface area contributed by atoms with E-state index in [1.807, 2.05) is 0 Å². The van der Waals surface area contributed by atoms with Crippen molar-refractivity contribution in [1.29, 1.82) is 0 Å². The number of rotatable bonds is 2. The van der Waals surface area contributed by atoms with E-state index in [2.05, 4.69) is 5.32 Å². The normalized spacial score (nSPS) is 9.38. The molecule has 1 aromatic carbocycles. The van der Waals surface area contributed by atoms with Gasteiger partial charge in [-0.25, -0.2) is 0 Å². The lowest BCUT2D eigenvalue weighted by molar-refractivity contribution is -0.114. The van der Waals surface area contributed by atoms with Gasteiger partial charge in [0.25, 0.3) is 0 Å². The summed E-state index contributed by atoms with van der Waals surface area (Å²) in [7, 11) is 7.12. The average Bonchev–Trinajstić information content (AvgIpc) is 2.07.